The highest BCUT2D eigenvalue weighted by molar-refractivity contribution is 5.83. The van der Waals surface area contributed by atoms with Crippen molar-refractivity contribution in [3.05, 3.63) is 59.7 Å². The maximum absolute atomic E-state index is 12.2. The van der Waals surface area contributed by atoms with E-state index in [1.165, 1.54) is 6.92 Å². The van der Waals surface area contributed by atoms with Gasteiger partial charge in [0.05, 0.1) is 6.54 Å². The molecule has 0 bridgehead atoms. The van der Waals surface area contributed by atoms with Crippen LogP contribution < -0.4 is 14.8 Å². The molecule has 0 saturated heterocycles. The second-order valence-corrected chi connectivity index (χ2v) is 6.14. The Morgan fingerprint density at radius 3 is 2.58 bits per heavy atom. The van der Waals surface area contributed by atoms with Crippen molar-refractivity contribution in [3.8, 4) is 11.5 Å². The minimum atomic E-state index is -0.189. The molecule has 0 unspecified atom stereocenters. The van der Waals surface area contributed by atoms with Crippen LogP contribution in [0.4, 0.5) is 0 Å². The van der Waals surface area contributed by atoms with Gasteiger partial charge in [-0.3, -0.25) is 9.59 Å². The Balaban J connectivity index is 1.49. The van der Waals surface area contributed by atoms with Crippen LogP contribution in [0.3, 0.4) is 0 Å². The van der Waals surface area contributed by atoms with E-state index in [4.69, 9.17) is 9.47 Å². The first kappa shape index (κ1) is 17.8. The van der Waals surface area contributed by atoms with Crippen LogP contribution in [-0.2, 0) is 22.6 Å². The van der Waals surface area contributed by atoms with E-state index < -0.39 is 0 Å². The van der Waals surface area contributed by atoms with Gasteiger partial charge < -0.3 is 19.7 Å². The molecule has 1 heterocycles. The first-order chi connectivity index (χ1) is 12.6. The van der Waals surface area contributed by atoms with E-state index in [9.17, 15) is 9.59 Å². The number of ether oxygens (including phenoxy) is 2. The van der Waals surface area contributed by atoms with Gasteiger partial charge in [-0.2, -0.15) is 0 Å². The first-order valence-electron chi connectivity index (χ1n) is 8.56. The molecule has 3 rings (SSSR count). The van der Waals surface area contributed by atoms with Crippen LogP contribution in [0.5, 0.6) is 11.5 Å². The van der Waals surface area contributed by atoms with E-state index in [-0.39, 0.29) is 25.2 Å². The molecule has 2 aromatic rings. The number of hydrogen-bond donors (Lipinski definition) is 1. The Hall–Kier alpha value is -3.02. The lowest BCUT2D eigenvalue weighted by molar-refractivity contribution is -0.134. The van der Waals surface area contributed by atoms with Gasteiger partial charge in [-0.1, -0.05) is 36.4 Å². The van der Waals surface area contributed by atoms with Gasteiger partial charge in [0.1, 0.15) is 0 Å². The molecule has 0 aromatic heterocycles. The van der Waals surface area contributed by atoms with Crippen LogP contribution in [0.25, 0.3) is 0 Å². The lowest BCUT2D eigenvalue weighted by Crippen LogP contribution is -2.40. The second-order valence-electron chi connectivity index (χ2n) is 6.14. The maximum Gasteiger partial charge on any atom is 0.239 e. The molecule has 0 atom stereocenters. The molecule has 2 aromatic carbocycles. The van der Waals surface area contributed by atoms with Crippen molar-refractivity contribution >= 4 is 11.8 Å². The smallest absolute Gasteiger partial charge is 0.239 e. The third-order valence-corrected chi connectivity index (χ3v) is 4.22. The summed E-state index contributed by atoms with van der Waals surface area (Å²) in [7, 11) is 0. The number of carbonyl (C=O) groups excluding carboxylic acids is 2. The number of amides is 2. The molecule has 0 radical (unpaired) electrons. The van der Waals surface area contributed by atoms with Gasteiger partial charge >= 0.3 is 0 Å². The molecule has 0 saturated carbocycles. The predicted molar refractivity (Wildman–Crippen MR) is 96.8 cm³/mol. The molecule has 0 spiro atoms. The zero-order chi connectivity index (χ0) is 18.4. The number of hydrogen-bond acceptors (Lipinski definition) is 4. The van der Waals surface area contributed by atoms with Crippen LogP contribution in [0.2, 0.25) is 0 Å². The van der Waals surface area contributed by atoms with Crippen LogP contribution in [0, 0.1) is 0 Å². The van der Waals surface area contributed by atoms with Gasteiger partial charge in [-0.15, -0.1) is 0 Å². The fourth-order valence-corrected chi connectivity index (χ4v) is 2.74. The van der Waals surface area contributed by atoms with Gasteiger partial charge in [0.15, 0.2) is 11.5 Å². The summed E-state index contributed by atoms with van der Waals surface area (Å²) in [6, 6.07) is 15.5. The Bertz CT molecular complexity index is 777. The number of nitrogens with zero attached hydrogens (tertiary/aromatic N) is 1. The summed E-state index contributed by atoms with van der Waals surface area (Å²) in [5, 5.41) is 2.84. The predicted octanol–water partition coefficient (Wildman–Crippen LogP) is 2.12. The van der Waals surface area contributed by atoms with E-state index in [0.29, 0.717) is 24.6 Å². The summed E-state index contributed by atoms with van der Waals surface area (Å²) in [4.78, 5) is 25.6. The highest BCUT2D eigenvalue weighted by atomic mass is 16.7. The quantitative estimate of drug-likeness (QED) is 0.827. The Kier molecular flexibility index (Phi) is 5.73. The molecule has 0 aliphatic carbocycles. The van der Waals surface area contributed by atoms with Crippen LogP contribution in [-0.4, -0.2) is 36.6 Å². The van der Waals surface area contributed by atoms with Crippen molar-refractivity contribution in [1.29, 1.82) is 0 Å². The highest BCUT2D eigenvalue weighted by Crippen LogP contribution is 2.32. The zero-order valence-electron chi connectivity index (χ0n) is 14.7. The zero-order valence-corrected chi connectivity index (χ0v) is 14.7. The lowest BCUT2D eigenvalue weighted by atomic mass is 10.1. The van der Waals surface area contributed by atoms with E-state index >= 15 is 0 Å². The summed E-state index contributed by atoms with van der Waals surface area (Å²) in [6.45, 7) is 2.64. The summed E-state index contributed by atoms with van der Waals surface area (Å²) in [5.74, 6) is 1.10. The third kappa shape index (κ3) is 4.75. The monoisotopic (exact) mass is 354 g/mol. The van der Waals surface area contributed by atoms with Crippen molar-refractivity contribution in [2.75, 3.05) is 19.9 Å². The lowest BCUT2D eigenvalue weighted by Gasteiger charge is -2.20. The maximum atomic E-state index is 12.2. The van der Waals surface area contributed by atoms with Gasteiger partial charge in [0, 0.05) is 20.0 Å². The number of nitrogens with one attached hydrogen (secondary N) is 1. The standard InChI is InChI=1S/C20H22N2O4/c1-15(23)22(10-9-16-5-3-2-4-6-16)13-20(24)21-12-17-7-8-18-19(11-17)26-14-25-18/h2-8,11H,9-10,12-14H2,1H3,(H,21,24). The molecule has 136 valence electrons. The minimum absolute atomic E-state index is 0.0483. The topological polar surface area (TPSA) is 67.9 Å². The molecular weight excluding hydrogens is 332 g/mol. The molecular formula is C20H22N2O4. The first-order valence-corrected chi connectivity index (χ1v) is 8.56. The molecule has 1 N–H and O–H groups in total. The molecule has 6 nitrogen and oxygen atoms in total. The number of benzene rings is 2. The van der Waals surface area contributed by atoms with Crippen molar-refractivity contribution in [2.45, 2.75) is 19.9 Å². The molecule has 2 amide bonds. The fourth-order valence-electron chi connectivity index (χ4n) is 2.74. The van der Waals surface area contributed by atoms with Crippen LogP contribution in [0.15, 0.2) is 48.5 Å². The number of fused-ring (bicyclic) bond motifs is 1. The average molecular weight is 354 g/mol. The van der Waals surface area contributed by atoms with E-state index in [1.807, 2.05) is 48.5 Å². The van der Waals surface area contributed by atoms with Gasteiger partial charge in [-0.25, -0.2) is 0 Å². The van der Waals surface area contributed by atoms with Crippen molar-refractivity contribution in [2.24, 2.45) is 0 Å². The summed E-state index contributed by atoms with van der Waals surface area (Å²) in [5.41, 5.74) is 2.06. The third-order valence-electron chi connectivity index (χ3n) is 4.22. The van der Waals surface area contributed by atoms with Gasteiger partial charge in [0.25, 0.3) is 0 Å². The normalized spacial score (nSPS) is 11.9. The van der Waals surface area contributed by atoms with Crippen molar-refractivity contribution < 1.29 is 19.1 Å². The SMILES string of the molecule is CC(=O)N(CCc1ccccc1)CC(=O)NCc1ccc2c(c1)OCO2. The fraction of sp³-hybridized carbons (Fsp3) is 0.300. The summed E-state index contributed by atoms with van der Waals surface area (Å²) < 4.78 is 10.6. The summed E-state index contributed by atoms with van der Waals surface area (Å²) >= 11 is 0. The number of rotatable bonds is 7. The van der Waals surface area contributed by atoms with E-state index in [0.717, 1.165) is 17.5 Å². The Labute approximate surface area is 152 Å². The van der Waals surface area contributed by atoms with Crippen molar-refractivity contribution in [1.82, 2.24) is 10.2 Å². The van der Waals surface area contributed by atoms with E-state index in [1.54, 1.807) is 4.90 Å². The molecule has 1 aliphatic heterocycles. The molecule has 6 heteroatoms. The van der Waals surface area contributed by atoms with Crippen molar-refractivity contribution in [3.63, 3.8) is 0 Å². The second kappa shape index (κ2) is 8.38. The molecule has 1 aliphatic rings. The van der Waals surface area contributed by atoms with Crippen LogP contribution in [0.1, 0.15) is 18.1 Å². The van der Waals surface area contributed by atoms with E-state index in [2.05, 4.69) is 5.32 Å². The molecule has 26 heavy (non-hydrogen) atoms. The largest absolute Gasteiger partial charge is 0.454 e. The minimum Gasteiger partial charge on any atom is -0.454 e. The highest BCUT2D eigenvalue weighted by Gasteiger charge is 2.15. The Morgan fingerprint density at radius 1 is 1.04 bits per heavy atom. The van der Waals surface area contributed by atoms with Gasteiger partial charge in [-0.05, 0) is 29.7 Å². The summed E-state index contributed by atoms with van der Waals surface area (Å²) in [6.07, 6.45) is 0.718. The number of carbonyl (C=O) groups is 2. The average Bonchev–Trinajstić information content (AvgIpc) is 3.12. The van der Waals surface area contributed by atoms with Gasteiger partial charge in [0.2, 0.25) is 18.6 Å². The molecule has 0 fully saturated rings. The Morgan fingerprint density at radius 2 is 1.81 bits per heavy atom. The van der Waals surface area contributed by atoms with Crippen LogP contribution >= 0.6 is 0 Å².